The Morgan fingerprint density at radius 3 is 2.67 bits per heavy atom. The van der Waals surface area contributed by atoms with E-state index in [4.69, 9.17) is 0 Å². The van der Waals surface area contributed by atoms with Gasteiger partial charge < -0.3 is 4.90 Å². The lowest BCUT2D eigenvalue weighted by Gasteiger charge is -2.30. The van der Waals surface area contributed by atoms with Crippen molar-refractivity contribution in [3.05, 3.63) is 58.5 Å². The zero-order valence-corrected chi connectivity index (χ0v) is 14.0. The van der Waals surface area contributed by atoms with Gasteiger partial charge in [-0.3, -0.25) is 9.89 Å². The van der Waals surface area contributed by atoms with Gasteiger partial charge in [0.1, 0.15) is 5.82 Å². The fourth-order valence-electron chi connectivity index (χ4n) is 3.10. The highest BCUT2D eigenvalue weighted by molar-refractivity contribution is 7.08. The Kier molecular flexibility index (Phi) is 4.13. The number of carbonyl (C=O) groups excluding carboxylic acids is 1. The number of hydrogen-bond acceptors (Lipinski definition) is 4. The zero-order chi connectivity index (χ0) is 16.4. The molecule has 5 nitrogen and oxygen atoms in total. The molecule has 0 saturated carbocycles. The predicted molar refractivity (Wildman–Crippen MR) is 94.0 cm³/mol. The number of nitrogens with zero attached hydrogens (tertiary/aromatic N) is 3. The predicted octanol–water partition coefficient (Wildman–Crippen LogP) is 3.55. The van der Waals surface area contributed by atoms with Crippen LogP contribution in [-0.4, -0.2) is 39.1 Å². The lowest BCUT2D eigenvalue weighted by atomic mass is 9.96. The van der Waals surface area contributed by atoms with Crippen molar-refractivity contribution in [3.63, 3.8) is 0 Å². The molecular formula is C18H18N4OS. The van der Waals surface area contributed by atoms with Crippen LogP contribution in [0.25, 0.3) is 11.4 Å². The van der Waals surface area contributed by atoms with Gasteiger partial charge >= 0.3 is 0 Å². The van der Waals surface area contributed by atoms with Gasteiger partial charge in [-0.05, 0) is 24.3 Å². The first kappa shape index (κ1) is 15.1. The first-order chi connectivity index (χ1) is 11.8. The van der Waals surface area contributed by atoms with Crippen molar-refractivity contribution in [1.29, 1.82) is 0 Å². The van der Waals surface area contributed by atoms with Crippen LogP contribution in [0.15, 0.2) is 47.2 Å². The fraction of sp³-hybridized carbons (Fsp3) is 0.278. The van der Waals surface area contributed by atoms with E-state index < -0.39 is 0 Å². The molecule has 1 aliphatic rings. The van der Waals surface area contributed by atoms with Crippen LogP contribution in [0.5, 0.6) is 0 Å². The summed E-state index contributed by atoms with van der Waals surface area (Å²) in [5.74, 6) is 2.14. The average molecular weight is 338 g/mol. The monoisotopic (exact) mass is 338 g/mol. The van der Waals surface area contributed by atoms with E-state index in [1.807, 2.05) is 52.1 Å². The second-order valence-corrected chi connectivity index (χ2v) is 6.77. The van der Waals surface area contributed by atoms with Crippen LogP contribution in [-0.2, 0) is 0 Å². The maximum Gasteiger partial charge on any atom is 0.254 e. The number of likely N-dealkylation sites (tertiary alicyclic amines) is 1. The molecule has 24 heavy (non-hydrogen) atoms. The van der Waals surface area contributed by atoms with E-state index in [0.29, 0.717) is 5.92 Å². The van der Waals surface area contributed by atoms with E-state index in [0.717, 1.165) is 48.7 Å². The lowest BCUT2D eigenvalue weighted by molar-refractivity contribution is 0.0711. The molecule has 1 aliphatic heterocycles. The smallest absolute Gasteiger partial charge is 0.254 e. The lowest BCUT2D eigenvalue weighted by Crippen LogP contribution is -2.37. The maximum atomic E-state index is 12.4. The molecular weight excluding hydrogens is 320 g/mol. The number of aromatic amines is 1. The molecule has 0 radical (unpaired) electrons. The minimum Gasteiger partial charge on any atom is -0.339 e. The summed E-state index contributed by atoms with van der Waals surface area (Å²) >= 11 is 1.56. The minimum atomic E-state index is 0.136. The van der Waals surface area contributed by atoms with Crippen LogP contribution in [0, 0.1) is 0 Å². The van der Waals surface area contributed by atoms with Crippen molar-refractivity contribution in [2.45, 2.75) is 18.8 Å². The molecule has 2 aromatic heterocycles. The van der Waals surface area contributed by atoms with Gasteiger partial charge in [-0.2, -0.15) is 16.4 Å². The molecule has 1 saturated heterocycles. The van der Waals surface area contributed by atoms with Crippen molar-refractivity contribution >= 4 is 17.2 Å². The molecule has 122 valence electrons. The molecule has 1 N–H and O–H groups in total. The highest BCUT2D eigenvalue weighted by atomic mass is 32.1. The number of aromatic nitrogens is 3. The van der Waals surface area contributed by atoms with Gasteiger partial charge in [0, 0.05) is 30.0 Å². The Bertz CT molecular complexity index is 805. The Balaban J connectivity index is 1.41. The average Bonchev–Trinajstić information content (AvgIpc) is 3.34. The number of amides is 1. The maximum absolute atomic E-state index is 12.4. The van der Waals surface area contributed by atoms with E-state index >= 15 is 0 Å². The number of rotatable bonds is 3. The van der Waals surface area contributed by atoms with E-state index in [2.05, 4.69) is 15.2 Å². The number of nitrogens with one attached hydrogen (secondary N) is 1. The molecule has 6 heteroatoms. The van der Waals surface area contributed by atoms with E-state index in [1.165, 1.54) is 0 Å². The fourth-order valence-corrected chi connectivity index (χ4v) is 3.73. The summed E-state index contributed by atoms with van der Waals surface area (Å²) < 4.78 is 0. The van der Waals surface area contributed by atoms with Crippen LogP contribution >= 0.6 is 11.3 Å². The highest BCUT2D eigenvalue weighted by Gasteiger charge is 2.26. The molecule has 0 bridgehead atoms. The molecule has 4 rings (SSSR count). The first-order valence-corrected chi connectivity index (χ1v) is 9.05. The topological polar surface area (TPSA) is 61.9 Å². The first-order valence-electron chi connectivity index (χ1n) is 8.10. The Morgan fingerprint density at radius 1 is 1.17 bits per heavy atom. The van der Waals surface area contributed by atoms with Gasteiger partial charge in [0.05, 0.1) is 5.56 Å². The third-order valence-corrected chi connectivity index (χ3v) is 5.15. The summed E-state index contributed by atoms with van der Waals surface area (Å²) in [6, 6.07) is 11.9. The summed E-state index contributed by atoms with van der Waals surface area (Å²) in [6.07, 6.45) is 1.83. The van der Waals surface area contributed by atoms with Gasteiger partial charge in [0.15, 0.2) is 5.82 Å². The van der Waals surface area contributed by atoms with Crippen LogP contribution in [0.1, 0.15) is 34.9 Å². The number of thiophene rings is 1. The quantitative estimate of drug-likeness (QED) is 0.794. The second-order valence-electron chi connectivity index (χ2n) is 5.99. The SMILES string of the molecule is O=C(c1ccsc1)N1CCC(c2nc(-c3ccccc3)n[nH]2)CC1. The van der Waals surface area contributed by atoms with Crippen molar-refractivity contribution in [1.82, 2.24) is 20.1 Å². The summed E-state index contributed by atoms with van der Waals surface area (Å²) in [6.45, 7) is 1.53. The number of H-pyrrole nitrogens is 1. The van der Waals surface area contributed by atoms with Crippen LogP contribution in [0.3, 0.4) is 0 Å². The molecule has 1 amide bonds. The summed E-state index contributed by atoms with van der Waals surface area (Å²) in [7, 11) is 0. The normalized spacial score (nSPS) is 15.6. The van der Waals surface area contributed by atoms with E-state index in [9.17, 15) is 4.79 Å². The summed E-state index contributed by atoms with van der Waals surface area (Å²) in [5.41, 5.74) is 1.81. The second kappa shape index (κ2) is 6.57. The molecule has 0 aliphatic carbocycles. The third kappa shape index (κ3) is 2.97. The Hall–Kier alpha value is -2.47. The zero-order valence-electron chi connectivity index (χ0n) is 13.2. The standard InChI is InChI=1S/C18H18N4OS/c23-18(15-8-11-24-12-15)22-9-6-14(7-10-22)17-19-16(20-21-17)13-4-2-1-3-5-13/h1-5,8,11-12,14H,6-7,9-10H2,(H,19,20,21). The van der Waals surface area contributed by atoms with Gasteiger partial charge in [-0.25, -0.2) is 4.98 Å². The highest BCUT2D eigenvalue weighted by Crippen LogP contribution is 2.27. The third-order valence-electron chi connectivity index (χ3n) is 4.47. The van der Waals surface area contributed by atoms with E-state index in [1.54, 1.807) is 11.3 Å². The van der Waals surface area contributed by atoms with Gasteiger partial charge in [0.25, 0.3) is 5.91 Å². The number of benzene rings is 1. The van der Waals surface area contributed by atoms with Crippen LogP contribution in [0.4, 0.5) is 0 Å². The van der Waals surface area contributed by atoms with Crippen molar-refractivity contribution in [2.24, 2.45) is 0 Å². The molecule has 3 aromatic rings. The Morgan fingerprint density at radius 2 is 1.96 bits per heavy atom. The van der Waals surface area contributed by atoms with Crippen LogP contribution < -0.4 is 0 Å². The van der Waals surface area contributed by atoms with Crippen molar-refractivity contribution in [3.8, 4) is 11.4 Å². The molecule has 1 aromatic carbocycles. The van der Waals surface area contributed by atoms with Gasteiger partial charge in [-0.15, -0.1) is 0 Å². The molecule has 0 spiro atoms. The largest absolute Gasteiger partial charge is 0.339 e. The number of carbonyl (C=O) groups is 1. The minimum absolute atomic E-state index is 0.136. The molecule has 0 atom stereocenters. The number of piperidine rings is 1. The van der Waals surface area contributed by atoms with Gasteiger partial charge in [-0.1, -0.05) is 30.3 Å². The molecule has 1 fully saturated rings. The molecule has 3 heterocycles. The summed E-state index contributed by atoms with van der Waals surface area (Å²) in [4.78, 5) is 19.0. The molecule has 0 unspecified atom stereocenters. The van der Waals surface area contributed by atoms with Gasteiger partial charge in [0.2, 0.25) is 0 Å². The van der Waals surface area contributed by atoms with Crippen molar-refractivity contribution in [2.75, 3.05) is 13.1 Å². The number of hydrogen-bond donors (Lipinski definition) is 1. The Labute approximate surface area is 144 Å². The van der Waals surface area contributed by atoms with E-state index in [-0.39, 0.29) is 5.91 Å². The van der Waals surface area contributed by atoms with Crippen LogP contribution in [0.2, 0.25) is 0 Å². The van der Waals surface area contributed by atoms with Crippen molar-refractivity contribution < 1.29 is 4.79 Å². The summed E-state index contributed by atoms with van der Waals surface area (Å²) in [5, 5.41) is 11.3.